The summed E-state index contributed by atoms with van der Waals surface area (Å²) >= 11 is 0. The summed E-state index contributed by atoms with van der Waals surface area (Å²) in [4.78, 5) is 14.0. The van der Waals surface area contributed by atoms with E-state index in [1.54, 1.807) is 6.08 Å². The van der Waals surface area contributed by atoms with Crippen LogP contribution in [0.25, 0.3) is 0 Å². The van der Waals surface area contributed by atoms with Gasteiger partial charge < -0.3 is 5.11 Å². The minimum absolute atomic E-state index is 0.0381. The van der Waals surface area contributed by atoms with Crippen LogP contribution in [0.1, 0.15) is 6.92 Å². The van der Waals surface area contributed by atoms with Gasteiger partial charge in [0.05, 0.1) is 11.6 Å². The summed E-state index contributed by atoms with van der Waals surface area (Å²) < 4.78 is 0. The number of carboxylic acids is 1. The largest absolute Gasteiger partial charge is 0.478 e. The molecular weight excluding hydrogens is 118 g/mol. The number of carbonyl (C=O) groups is 1. The summed E-state index contributed by atoms with van der Waals surface area (Å²) in [6, 6.07) is 0.0381. The molecule has 1 unspecified atom stereocenters. The maximum Gasteiger partial charge on any atom is 0.336 e. The van der Waals surface area contributed by atoms with Crippen LogP contribution in [0.15, 0.2) is 16.6 Å². The number of nitrogens with zero attached hydrogens (tertiary/aromatic N) is 1. The second-order valence-corrected chi connectivity index (χ2v) is 1.95. The first-order valence-corrected chi connectivity index (χ1v) is 2.68. The van der Waals surface area contributed by atoms with Crippen molar-refractivity contribution >= 4 is 12.2 Å². The predicted octanol–water partition coefficient (Wildman–Crippen LogP) is 0.470. The smallest absolute Gasteiger partial charge is 0.336 e. The molecule has 0 spiro atoms. The Hall–Kier alpha value is -1.12. The molecule has 0 amide bonds. The van der Waals surface area contributed by atoms with Crippen molar-refractivity contribution in [2.45, 2.75) is 13.0 Å². The van der Waals surface area contributed by atoms with Crippen molar-refractivity contribution in [3.8, 4) is 0 Å². The lowest BCUT2D eigenvalue weighted by molar-refractivity contribution is -0.132. The third kappa shape index (κ3) is 1.16. The van der Waals surface area contributed by atoms with E-state index < -0.39 is 5.97 Å². The summed E-state index contributed by atoms with van der Waals surface area (Å²) in [5, 5.41) is 8.37. The molecule has 3 nitrogen and oxygen atoms in total. The molecule has 1 aliphatic rings. The number of aliphatic imine (C=N–C) groups is 1. The van der Waals surface area contributed by atoms with Crippen LogP contribution < -0.4 is 0 Å². The van der Waals surface area contributed by atoms with Crippen LogP contribution in [0.2, 0.25) is 0 Å². The zero-order valence-electron chi connectivity index (χ0n) is 5.03. The number of rotatable bonds is 1. The third-order valence-corrected chi connectivity index (χ3v) is 1.12. The van der Waals surface area contributed by atoms with Crippen LogP contribution in [0.3, 0.4) is 0 Å². The molecule has 9 heavy (non-hydrogen) atoms. The zero-order valence-corrected chi connectivity index (χ0v) is 5.03. The van der Waals surface area contributed by atoms with Crippen molar-refractivity contribution < 1.29 is 9.90 Å². The first-order chi connectivity index (χ1) is 4.20. The molecule has 0 aromatic rings. The molecule has 0 saturated carbocycles. The van der Waals surface area contributed by atoms with Gasteiger partial charge in [-0.1, -0.05) is 0 Å². The lowest BCUT2D eigenvalue weighted by Crippen LogP contribution is -1.98. The van der Waals surface area contributed by atoms with E-state index in [9.17, 15) is 4.79 Å². The van der Waals surface area contributed by atoms with Crippen LogP contribution in [-0.2, 0) is 4.79 Å². The Morgan fingerprint density at radius 1 is 1.89 bits per heavy atom. The Labute approximate surface area is 52.7 Å². The molecule has 0 aliphatic carbocycles. The van der Waals surface area contributed by atoms with E-state index in [1.807, 2.05) is 6.92 Å². The van der Waals surface area contributed by atoms with Gasteiger partial charge in [-0.05, 0) is 13.0 Å². The van der Waals surface area contributed by atoms with Gasteiger partial charge in [-0.3, -0.25) is 4.99 Å². The van der Waals surface area contributed by atoms with E-state index in [0.29, 0.717) is 5.57 Å². The molecule has 1 rings (SSSR count). The van der Waals surface area contributed by atoms with E-state index in [2.05, 4.69) is 4.99 Å². The van der Waals surface area contributed by atoms with Crippen LogP contribution in [0, 0.1) is 0 Å². The lowest BCUT2D eigenvalue weighted by Gasteiger charge is -1.86. The number of hydrogen-bond acceptors (Lipinski definition) is 2. The predicted molar refractivity (Wildman–Crippen MR) is 33.7 cm³/mol. The molecule has 48 valence electrons. The molecule has 3 heteroatoms. The van der Waals surface area contributed by atoms with Gasteiger partial charge in [-0.15, -0.1) is 0 Å². The SMILES string of the molecule is CC1C=C(C(=O)O)C=N1. The molecule has 0 fully saturated rings. The number of hydrogen-bond donors (Lipinski definition) is 1. The van der Waals surface area contributed by atoms with E-state index in [-0.39, 0.29) is 6.04 Å². The highest BCUT2D eigenvalue weighted by Gasteiger charge is 2.10. The highest BCUT2D eigenvalue weighted by molar-refractivity contribution is 6.09. The van der Waals surface area contributed by atoms with Crippen LogP contribution in [-0.4, -0.2) is 23.3 Å². The zero-order chi connectivity index (χ0) is 6.85. The van der Waals surface area contributed by atoms with E-state index in [4.69, 9.17) is 5.11 Å². The summed E-state index contributed by atoms with van der Waals surface area (Å²) in [5.74, 6) is -0.900. The van der Waals surface area contributed by atoms with Gasteiger partial charge in [0.1, 0.15) is 0 Å². The molecule has 1 heterocycles. The Balaban J connectivity index is 2.75. The van der Waals surface area contributed by atoms with Crippen LogP contribution >= 0.6 is 0 Å². The molecule has 0 radical (unpaired) electrons. The topological polar surface area (TPSA) is 49.7 Å². The highest BCUT2D eigenvalue weighted by Crippen LogP contribution is 2.05. The Bertz CT molecular complexity index is 193. The van der Waals surface area contributed by atoms with E-state index in [0.717, 1.165) is 0 Å². The average Bonchev–Trinajstić information content (AvgIpc) is 2.14. The van der Waals surface area contributed by atoms with Crippen LogP contribution in [0.5, 0.6) is 0 Å². The molecule has 0 aromatic carbocycles. The minimum atomic E-state index is -0.900. The van der Waals surface area contributed by atoms with Gasteiger partial charge >= 0.3 is 5.97 Å². The summed E-state index contributed by atoms with van der Waals surface area (Å²) in [6.45, 7) is 1.84. The number of aliphatic carboxylic acids is 1. The van der Waals surface area contributed by atoms with Crippen molar-refractivity contribution in [2.24, 2.45) is 4.99 Å². The van der Waals surface area contributed by atoms with Crippen molar-refractivity contribution in [3.05, 3.63) is 11.6 Å². The monoisotopic (exact) mass is 125 g/mol. The molecule has 1 N–H and O–H groups in total. The first-order valence-electron chi connectivity index (χ1n) is 2.68. The van der Waals surface area contributed by atoms with Gasteiger partial charge in [0.15, 0.2) is 0 Å². The fourth-order valence-corrected chi connectivity index (χ4v) is 0.670. The fraction of sp³-hybridized carbons (Fsp3) is 0.333. The standard InChI is InChI=1S/C6H7NO2/c1-4-2-5(3-7-4)6(8)9/h2-4H,1H3,(H,8,9). The summed E-state index contributed by atoms with van der Waals surface area (Å²) in [7, 11) is 0. The average molecular weight is 125 g/mol. The quantitative estimate of drug-likeness (QED) is 0.553. The Morgan fingerprint density at radius 3 is 2.78 bits per heavy atom. The van der Waals surface area contributed by atoms with Crippen molar-refractivity contribution in [2.75, 3.05) is 0 Å². The Morgan fingerprint density at radius 2 is 2.56 bits per heavy atom. The van der Waals surface area contributed by atoms with Gasteiger partial charge in [0.25, 0.3) is 0 Å². The maximum atomic E-state index is 10.2. The van der Waals surface area contributed by atoms with Gasteiger partial charge in [0, 0.05) is 6.21 Å². The molecular formula is C6H7NO2. The molecule has 1 atom stereocenters. The molecule has 0 aromatic heterocycles. The lowest BCUT2D eigenvalue weighted by atomic mass is 10.2. The normalized spacial score (nSPS) is 24.1. The maximum absolute atomic E-state index is 10.2. The first kappa shape index (κ1) is 6.01. The Kier molecular flexibility index (Phi) is 1.34. The minimum Gasteiger partial charge on any atom is -0.478 e. The van der Waals surface area contributed by atoms with E-state index in [1.165, 1.54) is 6.21 Å². The van der Waals surface area contributed by atoms with Gasteiger partial charge in [0.2, 0.25) is 0 Å². The van der Waals surface area contributed by atoms with Crippen molar-refractivity contribution in [1.29, 1.82) is 0 Å². The van der Waals surface area contributed by atoms with Gasteiger partial charge in [-0.25, -0.2) is 4.79 Å². The molecule has 0 saturated heterocycles. The fourth-order valence-electron chi connectivity index (χ4n) is 0.670. The third-order valence-electron chi connectivity index (χ3n) is 1.12. The molecule has 0 bridgehead atoms. The molecule has 1 aliphatic heterocycles. The van der Waals surface area contributed by atoms with Crippen LogP contribution in [0.4, 0.5) is 0 Å². The second-order valence-electron chi connectivity index (χ2n) is 1.95. The van der Waals surface area contributed by atoms with Crippen molar-refractivity contribution in [1.82, 2.24) is 0 Å². The summed E-state index contributed by atoms with van der Waals surface area (Å²) in [6.07, 6.45) is 3.00. The highest BCUT2D eigenvalue weighted by atomic mass is 16.4. The summed E-state index contributed by atoms with van der Waals surface area (Å²) in [5.41, 5.74) is 0.294. The number of carboxylic acid groups (broad SMARTS) is 1. The van der Waals surface area contributed by atoms with E-state index >= 15 is 0 Å². The van der Waals surface area contributed by atoms with Crippen molar-refractivity contribution in [3.63, 3.8) is 0 Å². The second kappa shape index (κ2) is 2.01. The van der Waals surface area contributed by atoms with Gasteiger partial charge in [-0.2, -0.15) is 0 Å².